The number of primary amides is 2. The number of carbonyl (C=O) groups excluding carboxylic acids is 6. The van der Waals surface area contributed by atoms with E-state index in [9.17, 15) is 49.0 Å². The Kier molecular flexibility index (Phi) is 16.5. The van der Waals surface area contributed by atoms with E-state index in [-0.39, 0.29) is 71.9 Å². The number of amides is 2. The highest BCUT2D eigenvalue weighted by atomic mass is 33.1. The number of carbonyl (C=O) groups is 6. The minimum atomic E-state index is -0.990. The highest BCUT2D eigenvalue weighted by Crippen LogP contribution is 2.57. The standard InChI is InChI=1S/C23H25N5O7S2.C16H19N3O5.C7H9N3O2S2/c1-11-13(4-3-7-36-37-16-6-5-12(8-25-16)28(32)33)20(30)17-14(10-35-22(24)31)23(34-2)21-15(26-21)9-27(23)18(17)19(11)29;1-6-7(2)13(21)11-10(12(6)20)8(5-24-15(17)22)16(23-3)14-9(18-14)4-19(11)16;8-3-4-13-14-7-2-1-6(5-9-7)10(11)12/h5-6,8,14-15,21,26H,3-4,7,9-10H2,1-2H3,(H2,24,31);8-9,14,18H,4-5H2,1-3H3,(H2,17,22);1-2,5H,3-4,8H2/t14-,15+,21+,23-;8-,9+,14+,16-;/m11./s1. The summed E-state index contributed by atoms with van der Waals surface area (Å²) in [6.45, 7) is 6.44. The summed E-state index contributed by atoms with van der Waals surface area (Å²) < 4.78 is 22.0. The maximum absolute atomic E-state index is 13.8. The molecule has 0 saturated carbocycles. The lowest BCUT2D eigenvalue weighted by Gasteiger charge is -2.39. The number of nitrogens with one attached hydrogen (secondary N) is 2. The first-order valence-corrected chi connectivity index (χ1v) is 28.0. The number of ketones is 4. The second-order valence-electron chi connectivity index (χ2n) is 18.1. The number of pyridine rings is 2. The second-order valence-corrected chi connectivity index (χ2v) is 23.0. The molecule has 400 valence electrons. The van der Waals surface area contributed by atoms with Gasteiger partial charge in [-0.15, -0.1) is 0 Å². The number of nitrogens with two attached hydrogens (primary N) is 3. The zero-order valence-electron chi connectivity index (χ0n) is 41.1. The molecule has 0 aromatic carbocycles. The molecule has 8 atom stereocenters. The number of nitrogens with zero attached hydrogens (tertiary/aromatic N) is 6. The SMILES string of the molecule is CO[C@@]12[C@H](COC(N)=O)C3=C(C(=O)C(C)=C(C)C3=O)N1C[C@@H]1N[C@@H]12.CO[C@@]12[C@H](COC(N)=O)C3=C(C(=O)C(C)=C(CCCSSc4ccc([N+](=O)[O-])cn4)C3=O)N1C[C@@H]1N[C@@H]12.NCCSSc1ccc([N+](=O)[O-])cn1. The quantitative estimate of drug-likeness (QED) is 0.0357. The van der Waals surface area contributed by atoms with Crippen LogP contribution in [0, 0.1) is 32.1 Å². The van der Waals surface area contributed by atoms with Crippen molar-refractivity contribution in [3.8, 4) is 0 Å². The molecule has 10 rings (SSSR count). The van der Waals surface area contributed by atoms with Gasteiger partial charge in [-0.3, -0.25) is 39.4 Å². The van der Waals surface area contributed by atoms with Gasteiger partial charge in [-0.05, 0) is 67.3 Å². The Morgan fingerprint density at radius 3 is 1.56 bits per heavy atom. The van der Waals surface area contributed by atoms with Crippen LogP contribution in [-0.4, -0.2) is 159 Å². The van der Waals surface area contributed by atoms with Crippen molar-refractivity contribution in [2.24, 2.45) is 29.0 Å². The molecule has 0 spiro atoms. The van der Waals surface area contributed by atoms with Gasteiger partial charge in [0.05, 0.1) is 45.2 Å². The molecule has 8 heterocycles. The minimum Gasteiger partial charge on any atom is -0.449 e. The molecule has 0 radical (unpaired) electrons. The molecule has 4 fully saturated rings. The zero-order valence-corrected chi connectivity index (χ0v) is 44.3. The number of rotatable bonds is 18. The lowest BCUT2D eigenvalue weighted by Crippen LogP contribution is -2.55. The second kappa shape index (κ2) is 22.3. The van der Waals surface area contributed by atoms with Crippen molar-refractivity contribution in [2.75, 3.05) is 58.6 Å². The van der Waals surface area contributed by atoms with E-state index in [1.807, 2.05) is 9.80 Å². The first kappa shape index (κ1) is 55.3. The fourth-order valence-electron chi connectivity index (χ4n) is 10.7. The molecule has 8 aliphatic rings. The molecule has 75 heavy (non-hydrogen) atoms. The van der Waals surface area contributed by atoms with Gasteiger partial charge in [0, 0.05) is 103 Å². The van der Waals surface area contributed by atoms with Gasteiger partial charge < -0.3 is 56.6 Å². The van der Waals surface area contributed by atoms with E-state index in [1.165, 1.54) is 64.0 Å². The Morgan fingerprint density at radius 2 is 1.15 bits per heavy atom. The number of hydrogen-bond donors (Lipinski definition) is 5. The first-order chi connectivity index (χ1) is 35.8. The van der Waals surface area contributed by atoms with Crippen LogP contribution in [0.4, 0.5) is 21.0 Å². The number of Topliss-reactive ketones (excluding diaryl/α,β-unsaturated/α-hetero) is 4. The molecule has 0 unspecified atom stereocenters. The van der Waals surface area contributed by atoms with E-state index < -0.39 is 45.3 Å². The fraction of sp³-hybridized carbons (Fsp3) is 0.478. The number of hydrogen-bond acceptors (Lipinski definition) is 25. The van der Waals surface area contributed by atoms with Gasteiger partial charge in [-0.1, -0.05) is 21.6 Å². The van der Waals surface area contributed by atoms with E-state index in [0.717, 1.165) is 10.8 Å². The van der Waals surface area contributed by atoms with Gasteiger partial charge in [0.1, 0.15) is 35.7 Å². The highest BCUT2D eigenvalue weighted by molar-refractivity contribution is 8.77. The zero-order chi connectivity index (χ0) is 54.3. The van der Waals surface area contributed by atoms with Crippen molar-refractivity contribution < 1.29 is 57.6 Å². The third-order valence-corrected chi connectivity index (χ3v) is 18.9. The molecule has 2 amide bonds. The number of methoxy groups -OCH3 is 2. The molecule has 29 heteroatoms. The highest BCUT2D eigenvalue weighted by Gasteiger charge is 2.74. The maximum atomic E-state index is 13.8. The summed E-state index contributed by atoms with van der Waals surface area (Å²) in [6.07, 6.45) is 1.63. The summed E-state index contributed by atoms with van der Waals surface area (Å²) in [4.78, 5) is 107. The number of allylic oxidation sites excluding steroid dienone is 4. The minimum absolute atomic E-state index is 0.0122. The Bertz CT molecular complexity index is 2870. The average molecular weight is 1110 g/mol. The summed E-state index contributed by atoms with van der Waals surface area (Å²) in [7, 11) is 9.03. The van der Waals surface area contributed by atoms with E-state index in [0.29, 0.717) is 88.1 Å². The molecule has 6 aliphatic heterocycles. The molecule has 25 nitrogen and oxygen atoms in total. The molecule has 4 saturated heterocycles. The Balaban J connectivity index is 0.000000167. The van der Waals surface area contributed by atoms with Crippen molar-refractivity contribution in [3.05, 3.63) is 102 Å². The number of ether oxygens (including phenoxy) is 4. The molecule has 2 aromatic rings. The van der Waals surface area contributed by atoms with Crippen LogP contribution < -0.4 is 27.8 Å². The maximum Gasteiger partial charge on any atom is 0.404 e. The van der Waals surface area contributed by atoms with Gasteiger partial charge in [-0.2, -0.15) is 0 Å². The lowest BCUT2D eigenvalue weighted by atomic mass is 9.79. The predicted molar refractivity (Wildman–Crippen MR) is 274 cm³/mol. The van der Waals surface area contributed by atoms with E-state index in [4.69, 9.17) is 36.1 Å². The van der Waals surface area contributed by atoms with Crippen LogP contribution in [0.5, 0.6) is 0 Å². The lowest BCUT2D eigenvalue weighted by molar-refractivity contribution is -0.385. The van der Waals surface area contributed by atoms with Crippen LogP contribution in [0.15, 0.2) is 91.5 Å². The van der Waals surface area contributed by atoms with Crippen LogP contribution >= 0.6 is 43.2 Å². The number of aromatic nitrogens is 2. The van der Waals surface area contributed by atoms with E-state index >= 15 is 0 Å². The smallest absolute Gasteiger partial charge is 0.404 e. The Labute approximate surface area is 444 Å². The molecule has 0 bridgehead atoms. The van der Waals surface area contributed by atoms with Crippen molar-refractivity contribution >= 4 is 89.9 Å². The monoisotopic (exact) mass is 1110 g/mol. The fourth-order valence-corrected chi connectivity index (χ4v) is 14.3. The number of nitro groups is 2. The van der Waals surface area contributed by atoms with Crippen LogP contribution in [0.2, 0.25) is 0 Å². The van der Waals surface area contributed by atoms with Crippen LogP contribution in [0.1, 0.15) is 33.6 Å². The third-order valence-electron chi connectivity index (χ3n) is 14.3. The van der Waals surface area contributed by atoms with Gasteiger partial charge in [0.25, 0.3) is 11.4 Å². The van der Waals surface area contributed by atoms with Crippen LogP contribution in [0.25, 0.3) is 0 Å². The first-order valence-electron chi connectivity index (χ1n) is 23.3. The molecule has 8 N–H and O–H groups in total. The predicted octanol–water partition coefficient (Wildman–Crippen LogP) is 3.10. The molecule has 2 aromatic heterocycles. The van der Waals surface area contributed by atoms with Crippen LogP contribution in [-0.2, 0) is 38.1 Å². The summed E-state index contributed by atoms with van der Waals surface area (Å²) in [5.74, 6) is -0.479. The summed E-state index contributed by atoms with van der Waals surface area (Å²) in [5.41, 5.74) is 16.9. The van der Waals surface area contributed by atoms with E-state index in [2.05, 4.69) is 20.6 Å². The molecular formula is C46H53N11O14S4. The molecular weight excluding hydrogens is 1060 g/mol. The van der Waals surface area contributed by atoms with Gasteiger partial charge in [0.2, 0.25) is 11.6 Å². The van der Waals surface area contributed by atoms with Crippen molar-refractivity contribution in [2.45, 2.75) is 79.3 Å². The van der Waals surface area contributed by atoms with Crippen molar-refractivity contribution in [1.29, 1.82) is 0 Å². The summed E-state index contributed by atoms with van der Waals surface area (Å²) in [6, 6.07) is 6.30. The van der Waals surface area contributed by atoms with Gasteiger partial charge in [0.15, 0.2) is 23.0 Å². The van der Waals surface area contributed by atoms with Gasteiger partial charge >= 0.3 is 12.2 Å². The summed E-state index contributed by atoms with van der Waals surface area (Å²) >= 11 is 0. The Morgan fingerprint density at radius 1 is 0.707 bits per heavy atom. The summed E-state index contributed by atoms with van der Waals surface area (Å²) in [5, 5.41) is 29.1. The normalized spacial score (nSPS) is 27.4. The largest absolute Gasteiger partial charge is 0.449 e. The van der Waals surface area contributed by atoms with Crippen molar-refractivity contribution in [1.82, 2.24) is 30.4 Å². The topological polar surface area (TPSA) is 380 Å². The van der Waals surface area contributed by atoms with Crippen LogP contribution in [0.3, 0.4) is 0 Å². The third kappa shape index (κ3) is 10.2. The molecule has 2 aliphatic carbocycles. The number of piperazine rings is 2. The van der Waals surface area contributed by atoms with E-state index in [1.54, 1.807) is 50.8 Å². The van der Waals surface area contributed by atoms with Gasteiger partial charge in [-0.25, -0.2) is 19.6 Å². The number of fused-ring (bicyclic) bond motifs is 8. The average Bonchev–Trinajstić information content (AvgIpc) is 4.28. The Hall–Kier alpha value is -5.92. The van der Waals surface area contributed by atoms with Crippen molar-refractivity contribution in [3.63, 3.8) is 0 Å².